The highest BCUT2D eigenvalue weighted by atomic mass is 19.1. The smallest absolute Gasteiger partial charge is 0.443 e. The number of hydrogen-bond donors (Lipinski definition) is 3. The van der Waals surface area contributed by atoms with Crippen LogP contribution in [0.25, 0.3) is 0 Å². The molecule has 1 aliphatic rings. The van der Waals surface area contributed by atoms with Gasteiger partial charge in [0.2, 0.25) is 12.2 Å². The molecule has 2 heterocycles. The summed E-state index contributed by atoms with van der Waals surface area (Å²) in [6, 6.07) is 4.92. The molecule has 0 aliphatic carbocycles. The minimum atomic E-state index is -1.63. The molecule has 0 unspecified atom stereocenters. The Morgan fingerprint density at radius 2 is 1.89 bits per heavy atom. The second-order valence-electron chi connectivity index (χ2n) is 8.79. The molecule has 3 N–H and O–H groups in total. The first-order chi connectivity index (χ1) is 16.5. The van der Waals surface area contributed by atoms with Gasteiger partial charge in [-0.1, -0.05) is 12.1 Å². The topological polar surface area (TPSA) is 132 Å². The summed E-state index contributed by atoms with van der Waals surface area (Å²) >= 11 is 0. The summed E-state index contributed by atoms with van der Waals surface area (Å²) in [6.45, 7) is 8.69. The van der Waals surface area contributed by atoms with Gasteiger partial charge in [-0.25, -0.2) is 9.18 Å². The molecule has 1 aromatic heterocycles. The summed E-state index contributed by atoms with van der Waals surface area (Å²) in [5, 5.41) is 35.6. The average Bonchev–Trinajstić information content (AvgIpc) is 3.11. The van der Waals surface area contributed by atoms with Crippen molar-refractivity contribution in [2.75, 3.05) is 13.2 Å². The summed E-state index contributed by atoms with van der Waals surface area (Å²) in [4.78, 5) is 11.5. The SMILES string of the molecule is CCOC(=O)OC[C@H]1O[C@@H](Oc2nn(C(C)C)c(C)c2Cc2ccc(C)c(F)c2)[C@H](O)[C@@H](O)[C@@H]1O. The Morgan fingerprint density at radius 1 is 1.17 bits per heavy atom. The van der Waals surface area contributed by atoms with Crippen molar-refractivity contribution in [1.29, 1.82) is 0 Å². The molecule has 11 heteroatoms. The molecule has 0 spiro atoms. The van der Waals surface area contributed by atoms with Crippen molar-refractivity contribution in [3.05, 3.63) is 46.4 Å². The zero-order chi connectivity index (χ0) is 25.9. The molecule has 2 aromatic rings. The summed E-state index contributed by atoms with van der Waals surface area (Å²) in [7, 11) is 0. The largest absolute Gasteiger partial charge is 0.508 e. The maximum absolute atomic E-state index is 14.1. The molecule has 1 aliphatic heterocycles. The van der Waals surface area contributed by atoms with E-state index in [1.165, 1.54) is 6.07 Å². The molecule has 10 nitrogen and oxygen atoms in total. The molecule has 1 fully saturated rings. The highest BCUT2D eigenvalue weighted by Crippen LogP contribution is 2.31. The number of halogens is 1. The third kappa shape index (κ3) is 6.10. The van der Waals surface area contributed by atoms with Crippen molar-refractivity contribution in [3.8, 4) is 5.88 Å². The van der Waals surface area contributed by atoms with Gasteiger partial charge in [0, 0.05) is 23.7 Å². The van der Waals surface area contributed by atoms with E-state index in [0.29, 0.717) is 23.1 Å². The fraction of sp³-hybridized carbons (Fsp3) is 0.583. The Balaban J connectivity index is 1.85. The Hall–Kier alpha value is -2.73. The van der Waals surface area contributed by atoms with E-state index in [2.05, 4.69) is 9.84 Å². The number of rotatable bonds is 8. The standard InChI is InChI=1S/C24H33FN2O8/c1-6-32-24(31)33-11-18-19(28)20(29)21(30)23(34-18)35-22-16(14(5)27(26-22)12(2)3)9-15-8-7-13(4)17(25)10-15/h7-8,10,12,18-21,23,28-30H,6,9,11H2,1-5H3/t18-,19-,20+,21-,23+/m1/s1. The van der Waals surface area contributed by atoms with Crippen LogP contribution in [-0.4, -0.2) is 75.2 Å². The molecule has 1 aromatic carbocycles. The number of aliphatic hydroxyl groups is 3. The first-order valence-electron chi connectivity index (χ1n) is 11.5. The Kier molecular flexibility index (Phi) is 8.70. The second kappa shape index (κ2) is 11.3. The van der Waals surface area contributed by atoms with Crippen LogP contribution in [0, 0.1) is 19.7 Å². The van der Waals surface area contributed by atoms with Gasteiger partial charge in [-0.15, -0.1) is 5.10 Å². The molecule has 1 saturated heterocycles. The Bertz CT molecular complexity index is 1030. The number of ether oxygens (including phenoxy) is 4. The predicted octanol–water partition coefficient (Wildman–Crippen LogP) is 2.17. The quantitative estimate of drug-likeness (QED) is 0.470. The first kappa shape index (κ1) is 26.9. The van der Waals surface area contributed by atoms with E-state index in [0.717, 1.165) is 5.69 Å². The first-order valence-corrected chi connectivity index (χ1v) is 11.5. The van der Waals surface area contributed by atoms with Crippen molar-refractivity contribution < 1.29 is 43.5 Å². The number of carbonyl (C=O) groups excluding carboxylic acids is 1. The van der Waals surface area contributed by atoms with Gasteiger partial charge in [0.15, 0.2) is 0 Å². The van der Waals surface area contributed by atoms with Crippen LogP contribution in [0.3, 0.4) is 0 Å². The minimum absolute atomic E-state index is 0.0174. The zero-order valence-electron chi connectivity index (χ0n) is 20.5. The molecular formula is C24H33FN2O8. The number of hydrogen-bond acceptors (Lipinski definition) is 9. The van der Waals surface area contributed by atoms with Gasteiger partial charge in [0.1, 0.15) is 36.8 Å². The molecule has 3 rings (SSSR count). The van der Waals surface area contributed by atoms with E-state index in [1.807, 2.05) is 26.8 Å². The molecule has 35 heavy (non-hydrogen) atoms. The lowest BCUT2D eigenvalue weighted by atomic mass is 9.99. The average molecular weight is 497 g/mol. The molecule has 5 atom stereocenters. The van der Waals surface area contributed by atoms with Crippen molar-refractivity contribution in [2.24, 2.45) is 0 Å². The lowest BCUT2D eigenvalue weighted by Gasteiger charge is -2.39. The number of aromatic nitrogens is 2. The third-order valence-electron chi connectivity index (χ3n) is 5.87. The molecule has 194 valence electrons. The van der Waals surface area contributed by atoms with Crippen LogP contribution in [-0.2, 0) is 20.6 Å². The third-order valence-corrected chi connectivity index (χ3v) is 5.87. The van der Waals surface area contributed by atoms with Gasteiger partial charge in [0.05, 0.1) is 6.61 Å². The number of aryl methyl sites for hydroxylation is 1. The van der Waals surface area contributed by atoms with Crippen LogP contribution in [0.4, 0.5) is 9.18 Å². The van der Waals surface area contributed by atoms with E-state index < -0.39 is 43.5 Å². The number of benzene rings is 1. The lowest BCUT2D eigenvalue weighted by Crippen LogP contribution is -2.60. The van der Waals surface area contributed by atoms with E-state index in [4.69, 9.17) is 14.2 Å². The fourth-order valence-corrected chi connectivity index (χ4v) is 3.85. The van der Waals surface area contributed by atoms with Crippen molar-refractivity contribution in [2.45, 2.75) is 77.8 Å². The van der Waals surface area contributed by atoms with Gasteiger partial charge in [0.25, 0.3) is 0 Å². The van der Waals surface area contributed by atoms with Gasteiger partial charge in [-0.2, -0.15) is 0 Å². The van der Waals surface area contributed by atoms with Crippen molar-refractivity contribution in [1.82, 2.24) is 9.78 Å². The van der Waals surface area contributed by atoms with Crippen LogP contribution >= 0.6 is 0 Å². The minimum Gasteiger partial charge on any atom is -0.443 e. The molecular weight excluding hydrogens is 463 g/mol. The maximum atomic E-state index is 14.1. The summed E-state index contributed by atoms with van der Waals surface area (Å²) in [6.07, 6.45) is -8.05. The highest BCUT2D eigenvalue weighted by Gasteiger charge is 2.46. The maximum Gasteiger partial charge on any atom is 0.508 e. The molecule has 0 amide bonds. The lowest BCUT2D eigenvalue weighted by molar-refractivity contribution is -0.278. The van der Waals surface area contributed by atoms with Gasteiger partial charge < -0.3 is 34.3 Å². The summed E-state index contributed by atoms with van der Waals surface area (Å²) < 4.78 is 37.0. The molecule has 0 bridgehead atoms. The molecule has 0 radical (unpaired) electrons. The van der Waals surface area contributed by atoms with E-state index in [9.17, 15) is 24.5 Å². The van der Waals surface area contributed by atoms with Crippen LogP contribution in [0.1, 0.15) is 49.2 Å². The van der Waals surface area contributed by atoms with Crippen LogP contribution in [0.5, 0.6) is 5.88 Å². The van der Waals surface area contributed by atoms with E-state index in [1.54, 1.807) is 24.6 Å². The van der Waals surface area contributed by atoms with Gasteiger partial charge in [-0.05, 0) is 51.8 Å². The fourth-order valence-electron chi connectivity index (χ4n) is 3.85. The summed E-state index contributed by atoms with van der Waals surface area (Å²) in [5.41, 5.74) is 2.66. The Morgan fingerprint density at radius 3 is 2.51 bits per heavy atom. The van der Waals surface area contributed by atoms with Gasteiger partial charge >= 0.3 is 6.16 Å². The van der Waals surface area contributed by atoms with E-state index >= 15 is 0 Å². The van der Waals surface area contributed by atoms with Crippen LogP contribution in [0.2, 0.25) is 0 Å². The molecule has 0 saturated carbocycles. The van der Waals surface area contributed by atoms with Crippen molar-refractivity contribution >= 4 is 6.16 Å². The zero-order valence-corrected chi connectivity index (χ0v) is 20.5. The predicted molar refractivity (Wildman–Crippen MR) is 122 cm³/mol. The highest BCUT2D eigenvalue weighted by molar-refractivity contribution is 5.59. The van der Waals surface area contributed by atoms with E-state index in [-0.39, 0.29) is 24.3 Å². The van der Waals surface area contributed by atoms with Crippen molar-refractivity contribution in [3.63, 3.8) is 0 Å². The Labute approximate surface area is 203 Å². The van der Waals surface area contributed by atoms with Crippen LogP contribution in [0.15, 0.2) is 18.2 Å². The summed E-state index contributed by atoms with van der Waals surface area (Å²) in [5.74, 6) is -0.193. The second-order valence-corrected chi connectivity index (χ2v) is 8.79. The van der Waals surface area contributed by atoms with Crippen LogP contribution < -0.4 is 4.74 Å². The number of nitrogens with zero attached hydrogens (tertiary/aromatic N) is 2. The number of aliphatic hydroxyl groups excluding tert-OH is 3. The van der Waals surface area contributed by atoms with Gasteiger partial charge in [-0.3, -0.25) is 4.68 Å². The monoisotopic (exact) mass is 496 g/mol. The number of carbonyl (C=O) groups is 1. The normalized spacial score (nSPS) is 24.5.